The van der Waals surface area contributed by atoms with Crippen molar-refractivity contribution in [2.45, 2.75) is 6.42 Å². The molecule has 1 aliphatic rings. The van der Waals surface area contributed by atoms with E-state index in [4.69, 9.17) is 21.1 Å². The van der Waals surface area contributed by atoms with E-state index in [2.05, 4.69) is 0 Å². The number of Topliss-reactive ketones (excluding diaryl/α,β-unsaturated/α-hetero) is 1. The van der Waals surface area contributed by atoms with Crippen LogP contribution in [-0.4, -0.2) is 37.4 Å². The Morgan fingerprint density at radius 1 is 1.12 bits per heavy atom. The molecule has 1 aliphatic heterocycles. The molecule has 3 rings (SSSR count). The summed E-state index contributed by atoms with van der Waals surface area (Å²) >= 11 is 5.77. The zero-order valence-corrected chi connectivity index (χ0v) is 14.6. The van der Waals surface area contributed by atoms with Gasteiger partial charge >= 0.3 is 5.97 Å². The van der Waals surface area contributed by atoms with Crippen LogP contribution in [0.2, 0.25) is 5.02 Å². The Balaban J connectivity index is 1.52. The molecule has 1 amide bonds. The van der Waals surface area contributed by atoms with E-state index >= 15 is 0 Å². The number of halogens is 1. The number of nitrogens with zero attached hydrogens (tertiary/aromatic N) is 1. The number of ether oxygens (including phenoxy) is 2. The monoisotopic (exact) mass is 373 g/mol. The summed E-state index contributed by atoms with van der Waals surface area (Å²) in [5.41, 5.74) is 1.04. The summed E-state index contributed by atoms with van der Waals surface area (Å²) in [6, 6.07) is 13.4. The molecule has 6 nitrogen and oxygen atoms in total. The predicted molar refractivity (Wildman–Crippen MR) is 95.6 cm³/mol. The lowest BCUT2D eigenvalue weighted by molar-refractivity contribution is -0.142. The van der Waals surface area contributed by atoms with Crippen molar-refractivity contribution in [3.8, 4) is 5.75 Å². The van der Waals surface area contributed by atoms with Crippen molar-refractivity contribution < 1.29 is 23.9 Å². The van der Waals surface area contributed by atoms with Crippen molar-refractivity contribution in [1.29, 1.82) is 0 Å². The van der Waals surface area contributed by atoms with Crippen molar-refractivity contribution in [2.75, 3.05) is 24.7 Å². The molecule has 0 bridgehead atoms. The standard InChI is InChI=1S/C19H16ClNO5/c20-14-7-5-13(6-8-14)16(22)11-26-19(24)9-10-21-15-3-1-2-4-17(15)25-12-18(21)23/h1-8H,9-12H2. The SMILES string of the molecule is O=C(CCN1C(=O)COc2ccccc21)OCC(=O)c1ccc(Cl)cc1. The van der Waals surface area contributed by atoms with Gasteiger partial charge < -0.3 is 14.4 Å². The summed E-state index contributed by atoms with van der Waals surface area (Å²) in [5, 5.41) is 0.522. The highest BCUT2D eigenvalue weighted by molar-refractivity contribution is 6.30. The lowest BCUT2D eigenvalue weighted by atomic mass is 10.1. The molecule has 0 saturated heterocycles. The molecule has 134 valence electrons. The average molecular weight is 374 g/mol. The van der Waals surface area contributed by atoms with E-state index in [9.17, 15) is 14.4 Å². The number of carbonyl (C=O) groups is 3. The van der Waals surface area contributed by atoms with E-state index in [0.29, 0.717) is 22.0 Å². The largest absolute Gasteiger partial charge is 0.482 e. The minimum atomic E-state index is -0.552. The van der Waals surface area contributed by atoms with Crippen LogP contribution >= 0.6 is 11.6 Å². The van der Waals surface area contributed by atoms with Crippen LogP contribution in [0.5, 0.6) is 5.75 Å². The van der Waals surface area contributed by atoms with Crippen molar-refractivity contribution in [3.63, 3.8) is 0 Å². The number of hydrogen-bond donors (Lipinski definition) is 0. The minimum absolute atomic E-state index is 0.0199. The molecule has 1 heterocycles. The number of benzene rings is 2. The molecule has 0 spiro atoms. The number of carbonyl (C=O) groups excluding carboxylic acids is 3. The van der Waals surface area contributed by atoms with E-state index < -0.39 is 5.97 Å². The highest BCUT2D eigenvalue weighted by atomic mass is 35.5. The number of ketones is 1. The van der Waals surface area contributed by atoms with Gasteiger partial charge in [-0.15, -0.1) is 0 Å². The van der Waals surface area contributed by atoms with Crippen molar-refractivity contribution in [1.82, 2.24) is 0 Å². The Bertz CT molecular complexity index is 834. The summed E-state index contributed by atoms with van der Waals surface area (Å²) in [6.45, 7) is -0.262. The van der Waals surface area contributed by atoms with Gasteiger partial charge in [0.1, 0.15) is 5.75 Å². The normalized spacial score (nSPS) is 13.0. The molecule has 0 radical (unpaired) electrons. The fraction of sp³-hybridized carbons (Fsp3) is 0.211. The first-order valence-electron chi connectivity index (χ1n) is 8.01. The van der Waals surface area contributed by atoms with Crippen LogP contribution in [-0.2, 0) is 14.3 Å². The molecule has 0 fully saturated rings. The van der Waals surface area contributed by atoms with E-state index in [1.54, 1.807) is 42.5 Å². The molecular formula is C19H16ClNO5. The van der Waals surface area contributed by atoms with Gasteiger partial charge in [0.05, 0.1) is 12.1 Å². The Hall–Kier alpha value is -2.86. The lowest BCUT2D eigenvalue weighted by Crippen LogP contribution is -2.40. The number of amides is 1. The highest BCUT2D eigenvalue weighted by Crippen LogP contribution is 2.31. The molecule has 2 aromatic carbocycles. The Labute approximate surface area is 155 Å². The second-order valence-electron chi connectivity index (χ2n) is 5.64. The summed E-state index contributed by atoms with van der Waals surface area (Å²) in [4.78, 5) is 37.4. The molecule has 0 saturated carbocycles. The van der Waals surface area contributed by atoms with Gasteiger partial charge in [-0.05, 0) is 36.4 Å². The van der Waals surface area contributed by atoms with Gasteiger partial charge in [-0.3, -0.25) is 14.4 Å². The molecule has 7 heteroatoms. The number of para-hydroxylation sites is 2. The fourth-order valence-electron chi connectivity index (χ4n) is 2.54. The van der Waals surface area contributed by atoms with Crippen LogP contribution < -0.4 is 9.64 Å². The summed E-state index contributed by atoms with van der Waals surface area (Å²) in [6.07, 6.45) is -0.0199. The van der Waals surface area contributed by atoms with Gasteiger partial charge in [0.25, 0.3) is 5.91 Å². The fourth-order valence-corrected chi connectivity index (χ4v) is 2.67. The van der Waals surface area contributed by atoms with Crippen molar-refractivity contribution >= 4 is 34.9 Å². The highest BCUT2D eigenvalue weighted by Gasteiger charge is 2.25. The summed E-state index contributed by atoms with van der Waals surface area (Å²) in [7, 11) is 0. The maximum Gasteiger partial charge on any atom is 0.308 e. The van der Waals surface area contributed by atoms with Crippen LogP contribution in [0.1, 0.15) is 16.8 Å². The van der Waals surface area contributed by atoms with E-state index in [0.717, 1.165) is 0 Å². The van der Waals surface area contributed by atoms with Crippen LogP contribution in [0.4, 0.5) is 5.69 Å². The van der Waals surface area contributed by atoms with Crippen LogP contribution in [0.15, 0.2) is 48.5 Å². The minimum Gasteiger partial charge on any atom is -0.482 e. The molecule has 0 atom stereocenters. The third-order valence-electron chi connectivity index (χ3n) is 3.88. The first kappa shape index (κ1) is 17.9. The van der Waals surface area contributed by atoms with Gasteiger partial charge in [0.2, 0.25) is 0 Å². The average Bonchev–Trinajstić information content (AvgIpc) is 2.66. The third kappa shape index (κ3) is 4.21. The lowest BCUT2D eigenvalue weighted by Gasteiger charge is -2.28. The smallest absolute Gasteiger partial charge is 0.308 e. The molecule has 26 heavy (non-hydrogen) atoms. The van der Waals surface area contributed by atoms with Crippen LogP contribution in [0.3, 0.4) is 0 Å². The number of fused-ring (bicyclic) bond motifs is 1. The van der Waals surface area contributed by atoms with Gasteiger partial charge in [-0.1, -0.05) is 23.7 Å². The molecule has 0 aliphatic carbocycles. The number of hydrogen-bond acceptors (Lipinski definition) is 5. The van der Waals surface area contributed by atoms with Gasteiger partial charge in [0.15, 0.2) is 19.0 Å². The second-order valence-corrected chi connectivity index (χ2v) is 6.08. The Morgan fingerprint density at radius 3 is 2.62 bits per heavy atom. The van der Waals surface area contributed by atoms with E-state index in [1.807, 2.05) is 6.07 Å². The predicted octanol–water partition coefficient (Wildman–Crippen LogP) is 2.88. The zero-order chi connectivity index (χ0) is 18.5. The number of anilines is 1. The first-order chi connectivity index (χ1) is 12.5. The Morgan fingerprint density at radius 2 is 1.85 bits per heavy atom. The topological polar surface area (TPSA) is 72.9 Å². The van der Waals surface area contributed by atoms with Crippen molar-refractivity contribution in [3.05, 3.63) is 59.1 Å². The molecular weight excluding hydrogens is 358 g/mol. The molecule has 0 N–H and O–H groups in total. The third-order valence-corrected chi connectivity index (χ3v) is 4.13. The number of rotatable bonds is 6. The molecule has 2 aromatic rings. The van der Waals surface area contributed by atoms with Crippen LogP contribution in [0.25, 0.3) is 0 Å². The van der Waals surface area contributed by atoms with E-state index in [1.165, 1.54) is 4.90 Å². The summed E-state index contributed by atoms with van der Waals surface area (Å²) in [5.74, 6) is -0.501. The maximum absolute atomic E-state index is 12.0. The van der Waals surface area contributed by atoms with Crippen molar-refractivity contribution in [2.24, 2.45) is 0 Å². The van der Waals surface area contributed by atoms with E-state index in [-0.39, 0.29) is 37.9 Å². The Kier molecular flexibility index (Phi) is 5.53. The first-order valence-corrected chi connectivity index (χ1v) is 8.39. The van der Waals surface area contributed by atoms with Gasteiger partial charge in [0, 0.05) is 17.1 Å². The maximum atomic E-state index is 12.0. The molecule has 0 aromatic heterocycles. The number of esters is 1. The van der Waals surface area contributed by atoms with Gasteiger partial charge in [-0.2, -0.15) is 0 Å². The zero-order valence-electron chi connectivity index (χ0n) is 13.8. The molecule has 0 unspecified atom stereocenters. The van der Waals surface area contributed by atoms with Crippen LogP contribution in [0, 0.1) is 0 Å². The quantitative estimate of drug-likeness (QED) is 0.575. The summed E-state index contributed by atoms with van der Waals surface area (Å²) < 4.78 is 10.4. The van der Waals surface area contributed by atoms with Gasteiger partial charge in [-0.25, -0.2) is 0 Å². The second kappa shape index (κ2) is 8.01.